The lowest BCUT2D eigenvalue weighted by molar-refractivity contribution is 0.308. The molecule has 2 rings (SSSR count). The number of hydrogen-bond donors (Lipinski definition) is 1. The molecule has 0 aliphatic carbocycles. The molecule has 88 valence electrons. The predicted molar refractivity (Wildman–Crippen MR) is 69.0 cm³/mol. The number of pyridine rings is 1. The summed E-state index contributed by atoms with van der Waals surface area (Å²) < 4.78 is 1.05. The molecule has 1 fully saturated rings. The van der Waals surface area contributed by atoms with Gasteiger partial charge in [-0.3, -0.25) is 9.88 Å². The lowest BCUT2D eigenvalue weighted by atomic mass is 10.0. The Kier molecular flexibility index (Phi) is 3.95. The zero-order valence-corrected chi connectivity index (χ0v) is 11.2. The minimum absolute atomic E-state index is 0.311. The summed E-state index contributed by atoms with van der Waals surface area (Å²) in [5.74, 6) is 0.653. The van der Waals surface area contributed by atoms with Crippen LogP contribution in [-0.4, -0.2) is 29.0 Å². The number of rotatable bonds is 3. The standard InChI is InChI=1S/C12H18BrN3/c1-9(14)11-2-3-16(8-11)7-10-4-12(13)6-15-5-10/h4-6,9,11H,2-3,7-8,14H2,1H3. The van der Waals surface area contributed by atoms with Crippen molar-refractivity contribution in [2.24, 2.45) is 11.7 Å². The molecular weight excluding hydrogens is 266 g/mol. The maximum absolute atomic E-state index is 5.93. The lowest BCUT2D eigenvalue weighted by Crippen LogP contribution is -2.29. The van der Waals surface area contributed by atoms with E-state index in [1.807, 2.05) is 12.4 Å². The largest absolute Gasteiger partial charge is 0.328 e. The highest BCUT2D eigenvalue weighted by molar-refractivity contribution is 9.10. The van der Waals surface area contributed by atoms with E-state index in [-0.39, 0.29) is 0 Å². The van der Waals surface area contributed by atoms with Crippen molar-refractivity contribution in [1.29, 1.82) is 0 Å². The minimum atomic E-state index is 0.311. The van der Waals surface area contributed by atoms with Crippen LogP contribution in [0, 0.1) is 5.92 Å². The number of halogens is 1. The van der Waals surface area contributed by atoms with Crippen LogP contribution in [0.25, 0.3) is 0 Å². The van der Waals surface area contributed by atoms with Crippen molar-refractivity contribution in [1.82, 2.24) is 9.88 Å². The Balaban J connectivity index is 1.92. The molecular formula is C12H18BrN3. The molecule has 1 saturated heterocycles. The first-order valence-electron chi connectivity index (χ1n) is 5.72. The molecule has 4 heteroatoms. The molecule has 1 aromatic rings. The van der Waals surface area contributed by atoms with Gasteiger partial charge in [0, 0.05) is 36.0 Å². The molecule has 0 amide bonds. The van der Waals surface area contributed by atoms with Gasteiger partial charge in [0.25, 0.3) is 0 Å². The molecule has 2 N–H and O–H groups in total. The molecule has 1 aliphatic rings. The van der Waals surface area contributed by atoms with E-state index in [4.69, 9.17) is 5.73 Å². The number of likely N-dealkylation sites (tertiary alicyclic amines) is 1. The molecule has 0 bridgehead atoms. The fourth-order valence-corrected chi connectivity index (χ4v) is 2.65. The number of aromatic nitrogens is 1. The molecule has 2 atom stereocenters. The van der Waals surface area contributed by atoms with Crippen LogP contribution in [0.15, 0.2) is 22.9 Å². The van der Waals surface area contributed by atoms with Gasteiger partial charge in [-0.25, -0.2) is 0 Å². The maximum atomic E-state index is 5.93. The number of hydrogen-bond acceptors (Lipinski definition) is 3. The third-order valence-electron chi connectivity index (χ3n) is 3.22. The van der Waals surface area contributed by atoms with Crippen LogP contribution in [0.2, 0.25) is 0 Å². The SMILES string of the molecule is CC(N)C1CCN(Cc2cncc(Br)c2)C1. The van der Waals surface area contributed by atoms with Crippen LogP contribution < -0.4 is 5.73 Å². The minimum Gasteiger partial charge on any atom is -0.328 e. The summed E-state index contributed by atoms with van der Waals surface area (Å²) in [4.78, 5) is 6.64. The van der Waals surface area contributed by atoms with Crippen LogP contribution in [-0.2, 0) is 6.54 Å². The summed E-state index contributed by atoms with van der Waals surface area (Å²) in [5.41, 5.74) is 7.19. The maximum Gasteiger partial charge on any atom is 0.0410 e. The summed E-state index contributed by atoms with van der Waals surface area (Å²) in [6.07, 6.45) is 4.97. The highest BCUT2D eigenvalue weighted by atomic mass is 79.9. The topological polar surface area (TPSA) is 42.1 Å². The second kappa shape index (κ2) is 5.25. The van der Waals surface area contributed by atoms with Crippen molar-refractivity contribution < 1.29 is 0 Å². The lowest BCUT2D eigenvalue weighted by Gasteiger charge is -2.17. The third kappa shape index (κ3) is 3.03. The molecule has 1 aromatic heterocycles. The van der Waals surface area contributed by atoms with E-state index in [0.29, 0.717) is 12.0 Å². The van der Waals surface area contributed by atoms with Gasteiger partial charge >= 0.3 is 0 Å². The van der Waals surface area contributed by atoms with E-state index in [9.17, 15) is 0 Å². The van der Waals surface area contributed by atoms with Crippen molar-refractivity contribution in [2.45, 2.75) is 25.9 Å². The third-order valence-corrected chi connectivity index (χ3v) is 3.65. The molecule has 2 heterocycles. The predicted octanol–water partition coefficient (Wildman–Crippen LogP) is 2.01. The first kappa shape index (κ1) is 12.0. The quantitative estimate of drug-likeness (QED) is 0.923. The van der Waals surface area contributed by atoms with Gasteiger partial charge in [-0.15, -0.1) is 0 Å². The molecule has 0 spiro atoms. The Bertz CT molecular complexity index is 354. The van der Waals surface area contributed by atoms with Gasteiger partial charge in [0.15, 0.2) is 0 Å². The molecule has 3 nitrogen and oxygen atoms in total. The zero-order valence-electron chi connectivity index (χ0n) is 9.56. The van der Waals surface area contributed by atoms with Crippen LogP contribution in [0.5, 0.6) is 0 Å². The Morgan fingerprint density at radius 1 is 1.62 bits per heavy atom. The van der Waals surface area contributed by atoms with Crippen molar-refractivity contribution in [3.8, 4) is 0 Å². The summed E-state index contributed by atoms with van der Waals surface area (Å²) in [7, 11) is 0. The van der Waals surface area contributed by atoms with E-state index in [1.165, 1.54) is 12.0 Å². The van der Waals surface area contributed by atoms with E-state index in [0.717, 1.165) is 24.1 Å². The monoisotopic (exact) mass is 283 g/mol. The fraction of sp³-hybridized carbons (Fsp3) is 0.583. The van der Waals surface area contributed by atoms with Crippen LogP contribution >= 0.6 is 15.9 Å². The first-order valence-corrected chi connectivity index (χ1v) is 6.52. The molecule has 1 aliphatic heterocycles. The van der Waals surface area contributed by atoms with E-state index >= 15 is 0 Å². The van der Waals surface area contributed by atoms with E-state index in [1.54, 1.807) is 0 Å². The summed E-state index contributed by atoms with van der Waals surface area (Å²) in [6, 6.07) is 2.44. The smallest absolute Gasteiger partial charge is 0.0410 e. The van der Waals surface area contributed by atoms with Crippen LogP contribution in [0.1, 0.15) is 18.9 Å². The van der Waals surface area contributed by atoms with E-state index < -0.39 is 0 Å². The number of nitrogens with zero attached hydrogens (tertiary/aromatic N) is 2. The van der Waals surface area contributed by atoms with Crippen molar-refractivity contribution >= 4 is 15.9 Å². The van der Waals surface area contributed by atoms with E-state index in [2.05, 4.69) is 38.8 Å². The highest BCUT2D eigenvalue weighted by Crippen LogP contribution is 2.21. The van der Waals surface area contributed by atoms with Gasteiger partial charge in [-0.1, -0.05) is 0 Å². The van der Waals surface area contributed by atoms with Gasteiger partial charge in [-0.05, 0) is 53.4 Å². The summed E-state index contributed by atoms with van der Waals surface area (Å²) >= 11 is 3.45. The molecule has 16 heavy (non-hydrogen) atoms. The number of nitrogens with two attached hydrogens (primary N) is 1. The molecule has 0 aromatic carbocycles. The molecule has 2 unspecified atom stereocenters. The average molecular weight is 284 g/mol. The van der Waals surface area contributed by atoms with Crippen molar-refractivity contribution in [2.75, 3.05) is 13.1 Å². The van der Waals surface area contributed by atoms with Gasteiger partial charge in [-0.2, -0.15) is 0 Å². The Morgan fingerprint density at radius 3 is 3.06 bits per heavy atom. The van der Waals surface area contributed by atoms with Crippen LogP contribution in [0.3, 0.4) is 0 Å². The van der Waals surface area contributed by atoms with Crippen molar-refractivity contribution in [3.63, 3.8) is 0 Å². The highest BCUT2D eigenvalue weighted by Gasteiger charge is 2.24. The fourth-order valence-electron chi connectivity index (χ4n) is 2.24. The van der Waals surface area contributed by atoms with Gasteiger partial charge in [0.05, 0.1) is 0 Å². The Hall–Kier alpha value is -0.450. The van der Waals surface area contributed by atoms with Crippen LogP contribution in [0.4, 0.5) is 0 Å². The normalized spacial score (nSPS) is 23.6. The Morgan fingerprint density at radius 2 is 2.44 bits per heavy atom. The molecule has 0 saturated carbocycles. The Labute approximate surface area is 105 Å². The van der Waals surface area contributed by atoms with Gasteiger partial charge in [0.1, 0.15) is 0 Å². The second-order valence-corrected chi connectivity index (χ2v) is 5.57. The first-order chi connectivity index (χ1) is 7.65. The second-order valence-electron chi connectivity index (χ2n) is 4.65. The van der Waals surface area contributed by atoms with Crippen molar-refractivity contribution in [3.05, 3.63) is 28.5 Å². The van der Waals surface area contributed by atoms with Gasteiger partial charge < -0.3 is 5.73 Å². The average Bonchev–Trinajstić information content (AvgIpc) is 2.66. The van der Waals surface area contributed by atoms with Gasteiger partial charge in [0.2, 0.25) is 0 Å². The molecule has 0 radical (unpaired) electrons. The summed E-state index contributed by atoms with van der Waals surface area (Å²) in [6.45, 7) is 5.35. The zero-order chi connectivity index (χ0) is 11.5. The summed E-state index contributed by atoms with van der Waals surface area (Å²) in [5, 5.41) is 0.